The largest absolute Gasteiger partial charge is 0.508 e. The fraction of sp³-hybridized carbons (Fsp3) is 0.562. The summed E-state index contributed by atoms with van der Waals surface area (Å²) in [5, 5.41) is 9.78. The minimum Gasteiger partial charge on any atom is -0.508 e. The molecule has 4 heteroatoms. The third-order valence-corrected chi connectivity index (χ3v) is 3.99. The Hall–Kier alpha value is -1.55. The van der Waals surface area contributed by atoms with Crippen molar-refractivity contribution in [1.82, 2.24) is 4.90 Å². The van der Waals surface area contributed by atoms with Crippen LogP contribution in [0.3, 0.4) is 0 Å². The lowest BCUT2D eigenvalue weighted by Crippen LogP contribution is -2.42. The summed E-state index contributed by atoms with van der Waals surface area (Å²) in [6.45, 7) is 3.26. The molecular weight excluding hydrogens is 254 g/mol. The van der Waals surface area contributed by atoms with E-state index in [4.69, 9.17) is 4.74 Å². The predicted octanol–water partition coefficient (Wildman–Crippen LogP) is 2.21. The van der Waals surface area contributed by atoms with E-state index in [2.05, 4.69) is 6.92 Å². The summed E-state index contributed by atoms with van der Waals surface area (Å²) < 4.78 is 5.10. The number of amides is 1. The average molecular weight is 277 g/mol. The van der Waals surface area contributed by atoms with Crippen LogP contribution in [0.4, 0.5) is 0 Å². The van der Waals surface area contributed by atoms with Crippen molar-refractivity contribution in [3.8, 4) is 5.75 Å². The molecular formula is C16H23NO3. The zero-order chi connectivity index (χ0) is 14.5. The number of aromatic hydroxyl groups is 1. The molecule has 1 aromatic rings. The molecule has 2 rings (SSSR count). The number of carbonyl (C=O) groups is 1. The number of para-hydroxylation sites is 1. The van der Waals surface area contributed by atoms with E-state index < -0.39 is 0 Å². The standard InChI is InChI=1S/C16H23NO3/c1-12(13-7-8-13)17(9-10-20-2)16(19)11-14-5-3-4-6-15(14)18/h3-6,12-13,18H,7-11H2,1-2H3. The minimum atomic E-state index is 0.0583. The quantitative estimate of drug-likeness (QED) is 0.831. The second kappa shape index (κ2) is 6.75. The van der Waals surface area contributed by atoms with E-state index in [0.717, 1.165) is 0 Å². The van der Waals surface area contributed by atoms with Gasteiger partial charge in [0.2, 0.25) is 5.91 Å². The van der Waals surface area contributed by atoms with E-state index >= 15 is 0 Å². The number of rotatable bonds is 7. The highest BCUT2D eigenvalue weighted by Crippen LogP contribution is 2.35. The van der Waals surface area contributed by atoms with Crippen LogP contribution in [0.5, 0.6) is 5.75 Å². The lowest BCUT2D eigenvalue weighted by molar-refractivity contribution is -0.133. The van der Waals surface area contributed by atoms with Gasteiger partial charge in [-0.1, -0.05) is 18.2 Å². The SMILES string of the molecule is COCCN(C(=O)Cc1ccccc1O)C(C)C1CC1. The lowest BCUT2D eigenvalue weighted by Gasteiger charge is -2.29. The highest BCUT2D eigenvalue weighted by molar-refractivity contribution is 5.79. The lowest BCUT2D eigenvalue weighted by atomic mass is 10.1. The molecule has 0 aliphatic heterocycles. The summed E-state index contributed by atoms with van der Waals surface area (Å²) in [7, 11) is 1.65. The first-order valence-electron chi connectivity index (χ1n) is 7.18. The first-order chi connectivity index (χ1) is 9.63. The second-order valence-electron chi connectivity index (χ2n) is 5.46. The number of methoxy groups -OCH3 is 1. The topological polar surface area (TPSA) is 49.8 Å². The van der Waals surface area contributed by atoms with Crippen molar-refractivity contribution < 1.29 is 14.6 Å². The fourth-order valence-electron chi connectivity index (χ4n) is 2.50. The van der Waals surface area contributed by atoms with Crippen molar-refractivity contribution in [1.29, 1.82) is 0 Å². The van der Waals surface area contributed by atoms with Crippen molar-refractivity contribution in [3.05, 3.63) is 29.8 Å². The third-order valence-electron chi connectivity index (χ3n) is 3.99. The van der Waals surface area contributed by atoms with Gasteiger partial charge in [-0.2, -0.15) is 0 Å². The fourth-order valence-corrected chi connectivity index (χ4v) is 2.50. The molecule has 1 aromatic carbocycles. The van der Waals surface area contributed by atoms with Crippen molar-refractivity contribution in [2.45, 2.75) is 32.2 Å². The Labute approximate surface area is 120 Å². The molecule has 1 N–H and O–H groups in total. The Kier molecular flexibility index (Phi) is 5.01. The molecule has 4 nitrogen and oxygen atoms in total. The van der Waals surface area contributed by atoms with Crippen LogP contribution in [0, 0.1) is 5.92 Å². The zero-order valence-corrected chi connectivity index (χ0v) is 12.2. The van der Waals surface area contributed by atoms with Gasteiger partial charge in [0.15, 0.2) is 0 Å². The van der Waals surface area contributed by atoms with Crippen LogP contribution in [-0.2, 0) is 16.0 Å². The van der Waals surface area contributed by atoms with E-state index in [1.165, 1.54) is 12.8 Å². The van der Waals surface area contributed by atoms with Crippen molar-refractivity contribution in [3.63, 3.8) is 0 Å². The van der Waals surface area contributed by atoms with Crippen molar-refractivity contribution >= 4 is 5.91 Å². The molecule has 1 atom stereocenters. The van der Waals surface area contributed by atoms with Crippen molar-refractivity contribution in [2.75, 3.05) is 20.3 Å². The van der Waals surface area contributed by atoms with Crippen LogP contribution >= 0.6 is 0 Å². The molecule has 0 saturated heterocycles. The van der Waals surface area contributed by atoms with Gasteiger partial charge >= 0.3 is 0 Å². The minimum absolute atomic E-state index is 0.0583. The molecule has 1 fully saturated rings. The average Bonchev–Trinajstić information content (AvgIpc) is 3.26. The molecule has 0 spiro atoms. The highest BCUT2D eigenvalue weighted by atomic mass is 16.5. The van der Waals surface area contributed by atoms with E-state index in [-0.39, 0.29) is 24.1 Å². The second-order valence-corrected chi connectivity index (χ2v) is 5.46. The van der Waals surface area contributed by atoms with Gasteiger partial charge in [-0.05, 0) is 31.7 Å². The van der Waals surface area contributed by atoms with Gasteiger partial charge in [-0.15, -0.1) is 0 Å². The maximum atomic E-state index is 12.5. The van der Waals surface area contributed by atoms with E-state index in [0.29, 0.717) is 24.6 Å². The molecule has 1 unspecified atom stereocenters. The van der Waals surface area contributed by atoms with Crippen molar-refractivity contribution in [2.24, 2.45) is 5.92 Å². The summed E-state index contributed by atoms with van der Waals surface area (Å²) in [6, 6.07) is 7.27. The van der Waals surface area contributed by atoms with E-state index in [1.807, 2.05) is 11.0 Å². The Bertz CT molecular complexity index is 457. The molecule has 1 saturated carbocycles. The molecule has 0 bridgehead atoms. The smallest absolute Gasteiger partial charge is 0.227 e. The molecule has 0 radical (unpaired) electrons. The van der Waals surface area contributed by atoms with E-state index in [1.54, 1.807) is 25.3 Å². The number of ether oxygens (including phenoxy) is 1. The number of nitrogens with zero attached hydrogens (tertiary/aromatic N) is 1. The number of carbonyl (C=O) groups excluding carboxylic acids is 1. The van der Waals surface area contributed by atoms with Crippen LogP contribution in [0.1, 0.15) is 25.3 Å². The number of phenolic OH excluding ortho intramolecular Hbond substituents is 1. The molecule has 1 amide bonds. The normalized spacial score (nSPS) is 15.9. The number of hydrogen-bond acceptors (Lipinski definition) is 3. The maximum Gasteiger partial charge on any atom is 0.227 e. The highest BCUT2D eigenvalue weighted by Gasteiger charge is 2.34. The predicted molar refractivity (Wildman–Crippen MR) is 77.6 cm³/mol. The summed E-state index contributed by atoms with van der Waals surface area (Å²) in [5.41, 5.74) is 0.683. The number of phenols is 1. The zero-order valence-electron chi connectivity index (χ0n) is 12.2. The van der Waals surface area contributed by atoms with Crippen LogP contribution in [0.15, 0.2) is 24.3 Å². The van der Waals surface area contributed by atoms with Gasteiger partial charge in [0.25, 0.3) is 0 Å². The molecule has 1 aliphatic rings. The summed E-state index contributed by atoms with van der Waals surface area (Å²) in [5.74, 6) is 0.870. The molecule has 0 aromatic heterocycles. The van der Waals surface area contributed by atoms with Crippen LogP contribution in [-0.4, -0.2) is 42.2 Å². The van der Waals surface area contributed by atoms with Gasteiger partial charge in [-0.25, -0.2) is 0 Å². The van der Waals surface area contributed by atoms with Gasteiger partial charge < -0.3 is 14.7 Å². The summed E-state index contributed by atoms with van der Waals surface area (Å²) in [4.78, 5) is 14.4. The number of hydrogen-bond donors (Lipinski definition) is 1. The molecule has 0 heterocycles. The van der Waals surface area contributed by atoms with Crippen LogP contribution in [0.25, 0.3) is 0 Å². The van der Waals surface area contributed by atoms with Crippen LogP contribution in [0.2, 0.25) is 0 Å². The van der Waals surface area contributed by atoms with Gasteiger partial charge in [0, 0.05) is 25.3 Å². The first kappa shape index (κ1) is 14.9. The molecule has 1 aliphatic carbocycles. The Balaban J connectivity index is 2.03. The third kappa shape index (κ3) is 3.73. The van der Waals surface area contributed by atoms with Crippen LogP contribution < -0.4 is 0 Å². The van der Waals surface area contributed by atoms with Gasteiger partial charge in [0.1, 0.15) is 5.75 Å². The molecule has 110 valence electrons. The Morgan fingerprint density at radius 2 is 2.15 bits per heavy atom. The van der Waals surface area contributed by atoms with Gasteiger partial charge in [-0.3, -0.25) is 4.79 Å². The van der Waals surface area contributed by atoms with E-state index in [9.17, 15) is 9.90 Å². The Morgan fingerprint density at radius 1 is 1.45 bits per heavy atom. The summed E-state index contributed by atoms with van der Waals surface area (Å²) >= 11 is 0. The van der Waals surface area contributed by atoms with Gasteiger partial charge in [0.05, 0.1) is 13.0 Å². The molecule has 20 heavy (non-hydrogen) atoms. The monoisotopic (exact) mass is 277 g/mol. The maximum absolute atomic E-state index is 12.5. The summed E-state index contributed by atoms with van der Waals surface area (Å²) in [6.07, 6.45) is 2.65. The first-order valence-corrected chi connectivity index (χ1v) is 7.18. The number of benzene rings is 1. The Morgan fingerprint density at radius 3 is 2.75 bits per heavy atom.